The molecule has 3 nitrogen and oxygen atoms in total. The fourth-order valence-electron chi connectivity index (χ4n) is 0.410. The summed E-state index contributed by atoms with van der Waals surface area (Å²) in [6.07, 6.45) is 0.539. The van der Waals surface area contributed by atoms with Crippen LogP contribution in [0.3, 0.4) is 0 Å². The van der Waals surface area contributed by atoms with Crippen LogP contribution in [0.5, 0.6) is 0 Å². The second-order valence-corrected chi connectivity index (χ2v) is 1.63. The van der Waals surface area contributed by atoms with Gasteiger partial charge in [-0.1, -0.05) is 0 Å². The van der Waals surface area contributed by atoms with Gasteiger partial charge < -0.3 is 10.5 Å². The summed E-state index contributed by atoms with van der Waals surface area (Å²) >= 11 is 0. The minimum atomic E-state index is -0.275. The minimum Gasteiger partial charge on any atom is -0.373 e. The molecule has 0 aliphatic carbocycles. The van der Waals surface area contributed by atoms with E-state index in [9.17, 15) is 4.79 Å². The number of carbonyl (C=O) groups excluding carboxylic acids is 1. The van der Waals surface area contributed by atoms with E-state index in [0.29, 0.717) is 13.0 Å². The van der Waals surface area contributed by atoms with E-state index in [1.54, 1.807) is 0 Å². The van der Waals surface area contributed by atoms with E-state index in [1.165, 1.54) is 0 Å². The zero-order valence-corrected chi connectivity index (χ0v) is 3.89. The van der Waals surface area contributed by atoms with Crippen molar-refractivity contribution in [1.82, 2.24) is 0 Å². The molecule has 0 aromatic rings. The first-order valence-electron chi connectivity index (χ1n) is 2.19. The predicted molar refractivity (Wildman–Crippen MR) is 23.6 cm³/mol. The second kappa shape index (κ2) is 1.50. The molecule has 2 N–H and O–H groups in total. The molecule has 40 valence electrons. The molecule has 1 aliphatic rings. The van der Waals surface area contributed by atoms with Gasteiger partial charge in [0.15, 0.2) is 0 Å². The van der Waals surface area contributed by atoms with Gasteiger partial charge in [-0.05, 0) is 0 Å². The molecule has 1 unspecified atom stereocenters. The van der Waals surface area contributed by atoms with Crippen LogP contribution in [0, 0.1) is 0 Å². The monoisotopic (exact) mass is 101 g/mol. The van der Waals surface area contributed by atoms with Gasteiger partial charge in [0.05, 0.1) is 19.1 Å². The highest BCUT2D eigenvalue weighted by Crippen LogP contribution is 2.11. The number of primary amides is 1. The van der Waals surface area contributed by atoms with Gasteiger partial charge in [-0.3, -0.25) is 4.79 Å². The number of nitrogens with two attached hydrogens (primary N) is 1. The Morgan fingerprint density at radius 2 is 2.57 bits per heavy atom. The third-order valence-electron chi connectivity index (χ3n) is 0.831. The maximum atomic E-state index is 9.99. The van der Waals surface area contributed by atoms with Crippen molar-refractivity contribution >= 4 is 5.91 Å². The van der Waals surface area contributed by atoms with E-state index in [0.717, 1.165) is 0 Å². The first kappa shape index (κ1) is 4.59. The Hall–Kier alpha value is -0.570. The normalized spacial score (nSPS) is 27.1. The van der Waals surface area contributed by atoms with Gasteiger partial charge in [0, 0.05) is 0 Å². The fourth-order valence-corrected chi connectivity index (χ4v) is 0.410. The molecule has 1 aliphatic heterocycles. The number of hydrogen-bond donors (Lipinski definition) is 1. The number of hydrogen-bond acceptors (Lipinski definition) is 2. The largest absolute Gasteiger partial charge is 0.373 e. The van der Waals surface area contributed by atoms with E-state index >= 15 is 0 Å². The lowest BCUT2D eigenvalue weighted by Crippen LogP contribution is -2.12. The molecule has 1 atom stereocenters. The van der Waals surface area contributed by atoms with Crippen LogP contribution in [-0.4, -0.2) is 18.6 Å². The summed E-state index contributed by atoms with van der Waals surface area (Å²) in [6.45, 7) is 0.711. The Balaban J connectivity index is 2.08. The van der Waals surface area contributed by atoms with Crippen molar-refractivity contribution in [3.8, 4) is 0 Å². The molecule has 1 amide bonds. The number of carbonyl (C=O) groups is 1. The zero-order valence-electron chi connectivity index (χ0n) is 3.89. The van der Waals surface area contributed by atoms with Crippen LogP contribution < -0.4 is 5.73 Å². The third-order valence-corrected chi connectivity index (χ3v) is 0.831. The molecule has 1 fully saturated rings. The topological polar surface area (TPSA) is 55.6 Å². The highest BCUT2D eigenvalue weighted by Gasteiger charge is 2.23. The average Bonchev–Trinajstić information content (AvgIpc) is 2.17. The molecular weight excluding hydrogens is 94.0 g/mol. The summed E-state index contributed by atoms with van der Waals surface area (Å²) in [5.74, 6) is -0.275. The Labute approximate surface area is 41.4 Å². The van der Waals surface area contributed by atoms with Crippen molar-refractivity contribution in [2.24, 2.45) is 5.73 Å². The van der Waals surface area contributed by atoms with Crippen LogP contribution in [0.2, 0.25) is 0 Å². The maximum absolute atomic E-state index is 9.99. The summed E-state index contributed by atoms with van der Waals surface area (Å²) in [6, 6.07) is 0. The van der Waals surface area contributed by atoms with Gasteiger partial charge in [-0.25, -0.2) is 0 Å². The summed E-state index contributed by atoms with van der Waals surface area (Å²) in [7, 11) is 0. The molecule has 1 saturated heterocycles. The summed E-state index contributed by atoms with van der Waals surface area (Å²) in [5, 5.41) is 0. The Morgan fingerprint density at radius 1 is 2.00 bits per heavy atom. The first-order chi connectivity index (χ1) is 3.29. The lowest BCUT2D eigenvalue weighted by molar-refractivity contribution is -0.118. The molecule has 1 rings (SSSR count). The minimum absolute atomic E-state index is 0.150. The van der Waals surface area contributed by atoms with Crippen LogP contribution in [0.25, 0.3) is 0 Å². The molecule has 3 heteroatoms. The first-order valence-corrected chi connectivity index (χ1v) is 2.19. The van der Waals surface area contributed by atoms with Crippen LogP contribution in [0.4, 0.5) is 0 Å². The van der Waals surface area contributed by atoms with Gasteiger partial charge >= 0.3 is 0 Å². The predicted octanol–water partition coefficient (Wildman–Crippen LogP) is -0.739. The van der Waals surface area contributed by atoms with Crippen molar-refractivity contribution in [3.05, 3.63) is 0 Å². The number of rotatable bonds is 2. The van der Waals surface area contributed by atoms with Gasteiger partial charge in [-0.15, -0.1) is 0 Å². The molecule has 0 saturated carbocycles. The molecular formula is C4H7NO2. The second-order valence-electron chi connectivity index (χ2n) is 1.63. The molecule has 0 aromatic heterocycles. The van der Waals surface area contributed by atoms with E-state index in [2.05, 4.69) is 0 Å². The lowest BCUT2D eigenvalue weighted by atomic mass is 10.3. The van der Waals surface area contributed by atoms with Crippen molar-refractivity contribution in [1.29, 1.82) is 0 Å². The van der Waals surface area contributed by atoms with E-state index < -0.39 is 0 Å². The Morgan fingerprint density at radius 3 is 2.71 bits per heavy atom. The molecule has 0 bridgehead atoms. The van der Waals surface area contributed by atoms with Crippen LogP contribution in [0.1, 0.15) is 6.42 Å². The average molecular weight is 101 g/mol. The van der Waals surface area contributed by atoms with Gasteiger partial charge in [0.2, 0.25) is 5.91 Å². The van der Waals surface area contributed by atoms with Gasteiger partial charge in [-0.2, -0.15) is 0 Å². The smallest absolute Gasteiger partial charge is 0.220 e. The van der Waals surface area contributed by atoms with Gasteiger partial charge in [0.1, 0.15) is 0 Å². The van der Waals surface area contributed by atoms with E-state index in [4.69, 9.17) is 10.5 Å². The number of epoxide rings is 1. The molecule has 7 heavy (non-hydrogen) atoms. The van der Waals surface area contributed by atoms with Crippen LogP contribution >= 0.6 is 0 Å². The van der Waals surface area contributed by atoms with Crippen molar-refractivity contribution in [2.75, 3.05) is 6.61 Å². The maximum Gasteiger partial charge on any atom is 0.220 e. The van der Waals surface area contributed by atoms with E-state index in [1.807, 2.05) is 0 Å². The standard InChI is InChI=1S/C4H7NO2/c5-4(6)1-3-2-7-3/h3H,1-2H2,(H2,5,6). The lowest BCUT2D eigenvalue weighted by Gasteiger charge is -1.81. The Bertz CT molecular complexity index is 87.7. The fraction of sp³-hybridized carbons (Fsp3) is 0.750. The zero-order chi connectivity index (χ0) is 5.28. The van der Waals surface area contributed by atoms with Gasteiger partial charge in [0.25, 0.3) is 0 Å². The number of amides is 1. The highest BCUT2D eigenvalue weighted by molar-refractivity contribution is 5.74. The molecule has 0 radical (unpaired) electrons. The van der Waals surface area contributed by atoms with Crippen molar-refractivity contribution < 1.29 is 9.53 Å². The molecule has 0 aromatic carbocycles. The molecule has 1 heterocycles. The van der Waals surface area contributed by atoms with Crippen LogP contribution in [0.15, 0.2) is 0 Å². The quantitative estimate of drug-likeness (QED) is 0.466. The van der Waals surface area contributed by atoms with E-state index in [-0.39, 0.29) is 12.0 Å². The Kier molecular flexibility index (Phi) is 0.982. The number of ether oxygens (including phenoxy) is 1. The highest BCUT2D eigenvalue weighted by atomic mass is 16.6. The molecule has 0 spiro atoms. The van der Waals surface area contributed by atoms with Crippen molar-refractivity contribution in [2.45, 2.75) is 12.5 Å². The third kappa shape index (κ3) is 1.55. The van der Waals surface area contributed by atoms with Crippen molar-refractivity contribution in [3.63, 3.8) is 0 Å². The summed E-state index contributed by atoms with van der Waals surface area (Å²) < 4.78 is 4.72. The summed E-state index contributed by atoms with van der Waals surface area (Å²) in [4.78, 5) is 9.99. The van der Waals surface area contributed by atoms with Crippen LogP contribution in [-0.2, 0) is 9.53 Å². The SMILES string of the molecule is NC(=O)CC1CO1. The summed E-state index contributed by atoms with van der Waals surface area (Å²) in [5.41, 5.74) is 4.81.